The van der Waals surface area contributed by atoms with Gasteiger partial charge in [-0.1, -0.05) is 12.1 Å². The topological polar surface area (TPSA) is 95.3 Å². The van der Waals surface area contributed by atoms with Crippen molar-refractivity contribution in [3.8, 4) is 28.7 Å². The quantitative estimate of drug-likeness (QED) is 0.553. The minimum absolute atomic E-state index is 0. The van der Waals surface area contributed by atoms with Crippen molar-refractivity contribution in [2.75, 3.05) is 41.0 Å². The molecule has 0 aromatic heterocycles. The summed E-state index contributed by atoms with van der Waals surface area (Å²) in [7, 11) is 4.54. The summed E-state index contributed by atoms with van der Waals surface area (Å²) >= 11 is 0. The second-order valence-electron chi connectivity index (χ2n) is 7.79. The lowest BCUT2D eigenvalue weighted by molar-refractivity contribution is 0.0598. The number of carbonyl (C=O) groups excluding carboxylic acids is 1. The predicted molar refractivity (Wildman–Crippen MR) is 138 cm³/mol. The molecule has 2 aromatic carbocycles. The molecule has 10 heteroatoms. The van der Waals surface area contributed by atoms with Gasteiger partial charge in [-0.3, -0.25) is 4.79 Å². The molecule has 0 aliphatic carbocycles. The van der Waals surface area contributed by atoms with Crippen molar-refractivity contribution in [3.05, 3.63) is 41.5 Å². The molecule has 0 unspecified atom stereocenters. The van der Waals surface area contributed by atoms with Gasteiger partial charge in [-0.05, 0) is 44.5 Å². The number of nitrogens with zero attached hydrogens (tertiary/aromatic N) is 1. The highest BCUT2D eigenvalue weighted by atomic mass is 35.5. The first kappa shape index (κ1) is 29.6. The molecule has 8 nitrogen and oxygen atoms in total. The Morgan fingerprint density at radius 3 is 2.21 bits per heavy atom. The van der Waals surface area contributed by atoms with E-state index in [1.165, 1.54) is 21.3 Å². The van der Waals surface area contributed by atoms with Crippen LogP contribution in [-0.4, -0.2) is 63.9 Å². The lowest BCUT2D eigenvalue weighted by Crippen LogP contribution is -2.57. The lowest BCUT2D eigenvalue weighted by atomic mass is 10.0. The Morgan fingerprint density at radius 2 is 1.65 bits per heavy atom. The highest BCUT2D eigenvalue weighted by Gasteiger charge is 2.33. The largest absolute Gasteiger partial charge is 0.492 e. The van der Waals surface area contributed by atoms with Gasteiger partial charge in [0.2, 0.25) is 11.5 Å². The van der Waals surface area contributed by atoms with Gasteiger partial charge in [0, 0.05) is 31.2 Å². The molecule has 1 heterocycles. The monoisotopic (exact) mass is 515 g/mol. The summed E-state index contributed by atoms with van der Waals surface area (Å²) < 4.78 is 22.9. The summed E-state index contributed by atoms with van der Waals surface area (Å²) in [6.45, 7) is 6.01. The van der Waals surface area contributed by atoms with E-state index in [4.69, 9.17) is 24.7 Å². The number of rotatable bonds is 8. The summed E-state index contributed by atoms with van der Waals surface area (Å²) in [5.41, 5.74) is 7.11. The Morgan fingerprint density at radius 1 is 1.03 bits per heavy atom. The molecule has 2 atom stereocenters. The van der Waals surface area contributed by atoms with E-state index in [0.717, 1.165) is 18.5 Å². The van der Waals surface area contributed by atoms with Crippen molar-refractivity contribution < 1.29 is 23.7 Å². The first-order chi connectivity index (χ1) is 15.4. The molecule has 3 N–H and O–H groups in total. The molecule has 0 spiro atoms. The molecule has 1 aliphatic rings. The van der Waals surface area contributed by atoms with Crippen LogP contribution in [0.4, 0.5) is 0 Å². The highest BCUT2D eigenvalue weighted by Crippen LogP contribution is 2.48. The predicted octanol–water partition coefficient (Wildman–Crippen LogP) is 3.67. The fourth-order valence-corrected chi connectivity index (χ4v) is 3.93. The van der Waals surface area contributed by atoms with Crippen LogP contribution in [0.2, 0.25) is 0 Å². The third kappa shape index (κ3) is 6.18. The van der Waals surface area contributed by atoms with E-state index in [-0.39, 0.29) is 42.8 Å². The second-order valence-corrected chi connectivity index (χ2v) is 7.79. The minimum atomic E-state index is -0.146. The number of carbonyl (C=O) groups is 1. The zero-order chi connectivity index (χ0) is 23.3. The van der Waals surface area contributed by atoms with E-state index in [1.807, 2.05) is 36.1 Å². The maximum Gasteiger partial charge on any atom is 0.258 e. The van der Waals surface area contributed by atoms with Crippen LogP contribution in [-0.2, 0) is 6.42 Å². The summed E-state index contributed by atoms with van der Waals surface area (Å²) in [5, 5.41) is 3.39. The van der Waals surface area contributed by atoms with E-state index in [9.17, 15) is 4.79 Å². The maximum absolute atomic E-state index is 13.6. The SMILES string of the molecule is COc1c(Oc2ccc(CCN)cc2)cc(C(=O)N2CCN[C@@H](C)[C@@H]2C)c(OC)c1OC.Cl.Cl. The van der Waals surface area contributed by atoms with Gasteiger partial charge >= 0.3 is 0 Å². The van der Waals surface area contributed by atoms with E-state index in [1.54, 1.807) is 6.07 Å². The number of nitrogens with two attached hydrogens (primary N) is 1. The second kappa shape index (κ2) is 13.5. The molecule has 3 rings (SSSR count). The molecule has 1 saturated heterocycles. The Kier molecular flexibility index (Phi) is 11.8. The van der Waals surface area contributed by atoms with Crippen LogP contribution in [0.15, 0.2) is 30.3 Å². The van der Waals surface area contributed by atoms with Crippen LogP contribution in [0.1, 0.15) is 29.8 Å². The van der Waals surface area contributed by atoms with Crippen molar-refractivity contribution in [1.29, 1.82) is 0 Å². The number of amides is 1. The fourth-order valence-electron chi connectivity index (χ4n) is 3.93. The van der Waals surface area contributed by atoms with E-state index < -0.39 is 0 Å². The molecule has 0 radical (unpaired) electrons. The third-order valence-electron chi connectivity index (χ3n) is 5.88. The van der Waals surface area contributed by atoms with Gasteiger partial charge in [-0.25, -0.2) is 0 Å². The van der Waals surface area contributed by atoms with Crippen LogP contribution in [0.25, 0.3) is 0 Å². The van der Waals surface area contributed by atoms with E-state index >= 15 is 0 Å². The van der Waals surface area contributed by atoms with Gasteiger partial charge in [0.1, 0.15) is 5.75 Å². The highest BCUT2D eigenvalue weighted by molar-refractivity contribution is 5.99. The fraction of sp³-hybridized carbons (Fsp3) is 0.458. The third-order valence-corrected chi connectivity index (χ3v) is 5.88. The van der Waals surface area contributed by atoms with Crippen molar-refractivity contribution >= 4 is 30.7 Å². The minimum Gasteiger partial charge on any atom is -0.492 e. The van der Waals surface area contributed by atoms with Gasteiger partial charge in [0.05, 0.1) is 26.9 Å². The standard InChI is InChI=1S/C24H33N3O5.2ClH/c1-15-16(2)27(13-12-26-15)24(28)19-14-20(22(30-4)23(31-5)21(19)29-3)32-18-8-6-17(7-9-18)10-11-25;;/h6-9,14-16,26H,10-13,25H2,1-5H3;2*1H/t15-,16-;;/m0../s1. The van der Waals surface area contributed by atoms with Crippen LogP contribution in [0.5, 0.6) is 28.7 Å². The van der Waals surface area contributed by atoms with Crippen LogP contribution < -0.4 is 30.0 Å². The molecule has 34 heavy (non-hydrogen) atoms. The normalized spacial score (nSPS) is 17.2. The molecule has 1 aliphatic heterocycles. The summed E-state index contributed by atoms with van der Waals surface area (Å²) in [6.07, 6.45) is 0.792. The number of hydrogen-bond acceptors (Lipinski definition) is 7. The number of nitrogens with one attached hydrogen (secondary N) is 1. The number of benzene rings is 2. The number of methoxy groups -OCH3 is 3. The summed E-state index contributed by atoms with van der Waals surface area (Å²) in [5.74, 6) is 1.82. The first-order valence-corrected chi connectivity index (χ1v) is 10.8. The maximum atomic E-state index is 13.6. The average Bonchev–Trinajstić information content (AvgIpc) is 2.80. The lowest BCUT2D eigenvalue weighted by Gasteiger charge is -2.39. The molecular formula is C24H35Cl2N3O5. The van der Waals surface area contributed by atoms with Crippen molar-refractivity contribution in [2.45, 2.75) is 32.4 Å². The number of piperazine rings is 1. The number of halogens is 2. The number of ether oxygens (including phenoxy) is 4. The van der Waals surface area contributed by atoms with E-state index in [2.05, 4.69) is 12.2 Å². The molecule has 1 fully saturated rings. The smallest absolute Gasteiger partial charge is 0.258 e. The molecule has 0 saturated carbocycles. The summed E-state index contributed by atoms with van der Waals surface area (Å²) in [4.78, 5) is 15.4. The van der Waals surface area contributed by atoms with Crippen LogP contribution in [0, 0.1) is 0 Å². The first-order valence-electron chi connectivity index (χ1n) is 10.8. The molecular weight excluding hydrogens is 481 g/mol. The Balaban J connectivity index is 0.00000289. The number of hydrogen-bond donors (Lipinski definition) is 2. The zero-order valence-electron chi connectivity index (χ0n) is 20.3. The molecule has 1 amide bonds. The molecule has 2 aromatic rings. The van der Waals surface area contributed by atoms with Crippen LogP contribution in [0.3, 0.4) is 0 Å². The molecule has 0 bridgehead atoms. The summed E-state index contributed by atoms with van der Waals surface area (Å²) in [6, 6.07) is 9.52. The van der Waals surface area contributed by atoms with Gasteiger partial charge < -0.3 is 34.9 Å². The van der Waals surface area contributed by atoms with Gasteiger partial charge in [-0.15, -0.1) is 24.8 Å². The van der Waals surface area contributed by atoms with Crippen molar-refractivity contribution in [3.63, 3.8) is 0 Å². The zero-order valence-corrected chi connectivity index (χ0v) is 21.9. The average molecular weight is 516 g/mol. The van der Waals surface area contributed by atoms with E-state index in [0.29, 0.717) is 47.4 Å². The van der Waals surface area contributed by atoms with Crippen LogP contribution >= 0.6 is 24.8 Å². The van der Waals surface area contributed by atoms with Crippen molar-refractivity contribution in [2.24, 2.45) is 5.73 Å². The Hall–Kier alpha value is -2.39. The Bertz CT molecular complexity index is 943. The van der Waals surface area contributed by atoms with Gasteiger partial charge in [0.15, 0.2) is 11.5 Å². The van der Waals surface area contributed by atoms with Crippen molar-refractivity contribution in [1.82, 2.24) is 10.2 Å². The Labute approximate surface area is 213 Å². The molecule has 190 valence electrons. The van der Waals surface area contributed by atoms with Gasteiger partial charge in [-0.2, -0.15) is 0 Å². The van der Waals surface area contributed by atoms with Gasteiger partial charge in [0.25, 0.3) is 5.91 Å².